The van der Waals surface area contributed by atoms with E-state index in [1.165, 1.54) is 0 Å². The first-order valence-electron chi connectivity index (χ1n) is 32.1. The van der Waals surface area contributed by atoms with E-state index < -0.39 is 322 Å². The number of aliphatic hydroxyl groups excluding tert-OH is 22. The first-order valence-corrected chi connectivity index (χ1v) is 32.1. The van der Waals surface area contributed by atoms with Gasteiger partial charge in [0.1, 0.15) is 195 Å². The molecular formula is C56H94N4O41. The normalized spacial score (nSPS) is 48.3. The van der Waals surface area contributed by atoms with Crippen LogP contribution in [0, 0.1) is 0 Å². The maximum absolute atomic E-state index is 12.9. The summed E-state index contributed by atoms with van der Waals surface area (Å²) in [6.07, 6.45) is -71.1. The Hall–Kier alpha value is -3.60. The van der Waals surface area contributed by atoms with Crippen LogP contribution in [0.5, 0.6) is 0 Å². The molecule has 0 radical (unpaired) electrons. The third-order valence-corrected chi connectivity index (χ3v) is 18.3. The summed E-state index contributed by atoms with van der Waals surface area (Å²) in [5, 5.41) is 251. The van der Waals surface area contributed by atoms with Gasteiger partial charge in [0, 0.05) is 27.7 Å². The lowest BCUT2D eigenvalue weighted by Gasteiger charge is -2.51. The summed E-state index contributed by atoms with van der Waals surface area (Å²) in [5.41, 5.74) is 0. The molecule has 8 rings (SSSR count). The second-order valence-electron chi connectivity index (χ2n) is 25.3. The molecule has 8 saturated heterocycles. The summed E-state index contributed by atoms with van der Waals surface area (Å²) in [6.45, 7) is -4.39. The Balaban J connectivity index is 0.979. The van der Waals surface area contributed by atoms with Gasteiger partial charge in [0.15, 0.2) is 50.3 Å². The molecule has 26 N–H and O–H groups in total. The maximum atomic E-state index is 12.9. The van der Waals surface area contributed by atoms with E-state index >= 15 is 0 Å². The predicted octanol–water partition coefficient (Wildman–Crippen LogP) is -17.9. The van der Waals surface area contributed by atoms with Crippen molar-refractivity contribution >= 4 is 23.6 Å². The molecule has 0 bridgehead atoms. The molecular weight excluding hydrogens is 1380 g/mol. The van der Waals surface area contributed by atoms with Crippen LogP contribution in [0.25, 0.3) is 0 Å². The smallest absolute Gasteiger partial charge is 0.217 e. The van der Waals surface area contributed by atoms with Crippen molar-refractivity contribution in [1.82, 2.24) is 21.3 Å². The largest absolute Gasteiger partial charge is 0.394 e. The molecule has 584 valence electrons. The van der Waals surface area contributed by atoms with Crippen molar-refractivity contribution in [1.29, 1.82) is 0 Å². The molecule has 45 nitrogen and oxygen atoms in total. The Morgan fingerprint density at radius 2 is 0.446 bits per heavy atom. The monoisotopic (exact) mass is 1480 g/mol. The van der Waals surface area contributed by atoms with Gasteiger partial charge in [0.2, 0.25) is 23.6 Å². The van der Waals surface area contributed by atoms with Gasteiger partial charge in [-0.2, -0.15) is 0 Å². The highest BCUT2D eigenvalue weighted by Crippen LogP contribution is 2.39. The van der Waals surface area contributed by atoms with Crippen molar-refractivity contribution in [2.75, 3.05) is 52.9 Å². The lowest BCUT2D eigenvalue weighted by molar-refractivity contribution is -0.389. The Morgan fingerprint density at radius 3 is 0.703 bits per heavy atom. The highest BCUT2D eigenvalue weighted by Gasteiger charge is 2.60. The second kappa shape index (κ2) is 36.3. The Bertz CT molecular complexity index is 2640. The van der Waals surface area contributed by atoms with Crippen LogP contribution in [0.1, 0.15) is 27.7 Å². The van der Waals surface area contributed by atoms with E-state index in [0.717, 1.165) is 27.7 Å². The fourth-order valence-corrected chi connectivity index (χ4v) is 13.1. The van der Waals surface area contributed by atoms with Gasteiger partial charge in [-0.1, -0.05) is 0 Å². The molecule has 45 heteroatoms. The Morgan fingerprint density at radius 1 is 0.238 bits per heavy atom. The highest BCUT2D eigenvalue weighted by molar-refractivity contribution is 5.74. The summed E-state index contributed by atoms with van der Waals surface area (Å²) < 4.78 is 87.1. The highest BCUT2D eigenvalue weighted by atomic mass is 16.8. The summed E-state index contributed by atoms with van der Waals surface area (Å²) >= 11 is 0. The number of rotatable bonds is 26. The van der Waals surface area contributed by atoms with E-state index in [2.05, 4.69) is 21.3 Å². The van der Waals surface area contributed by atoms with Crippen LogP contribution in [0.2, 0.25) is 0 Å². The Kier molecular flexibility index (Phi) is 29.9. The van der Waals surface area contributed by atoms with Crippen LogP contribution >= 0.6 is 0 Å². The van der Waals surface area contributed by atoms with E-state index in [1.807, 2.05) is 0 Å². The lowest BCUT2D eigenvalue weighted by atomic mass is 9.93. The van der Waals surface area contributed by atoms with Crippen molar-refractivity contribution in [2.45, 2.75) is 273 Å². The van der Waals surface area contributed by atoms with Gasteiger partial charge in [-0.15, -0.1) is 0 Å². The van der Waals surface area contributed by atoms with Gasteiger partial charge in [0.25, 0.3) is 0 Å². The average molecular weight is 1480 g/mol. The fraction of sp³-hybridized carbons (Fsp3) is 0.929. The number of aliphatic hydroxyl groups is 22. The summed E-state index contributed by atoms with van der Waals surface area (Å²) in [5.74, 6) is -3.45. The molecule has 0 aliphatic carbocycles. The van der Waals surface area contributed by atoms with E-state index in [4.69, 9.17) is 71.1 Å². The van der Waals surface area contributed by atoms with Gasteiger partial charge in [-0.05, 0) is 0 Å². The van der Waals surface area contributed by atoms with Crippen molar-refractivity contribution in [3.63, 3.8) is 0 Å². The molecule has 0 aromatic carbocycles. The molecule has 0 aromatic heterocycles. The number of amides is 4. The minimum atomic E-state index is -2.33. The standard InChI is InChI=1S/C56H94N4O41/c1-13(69)57-25-33(77)42(21(9-65)87-49(25)86)96-54-39(83)46(30(74)18(6-62)89-54)99-51-27(59-15(3)71)35(79)44(23(11-67)93-51)98-56-41(85)48(32(76)20(8-64)91-56)101-52-28(60-16(4)72)36(80)45(24(12-68)94-52)97-55-40(84)47(31(75)19(7-63)90-55)100-50-26(58-14(2)70)34(78)43(22(10-66)92-50)95-53-38(82)37(81)29(73)17(5-61)88-53/h17-56,61-68,73-86H,5-12H2,1-4H3,(H,57,69)(H,58,70)(H,59,71)(H,60,72)/t17-,18-,19-,20-,21-,22-,23-,24-,25-,26-,27-,28-,29+,30+,31+,32+,33-,34-,35-,36-,37+,38-,39-,40-,41-,42-,43-,44-,45-,46+,47+,48+,49-,50+,51+,52+,53+,54+,55+,56+/m1/s1. The molecule has 8 aliphatic heterocycles. The van der Waals surface area contributed by atoms with Gasteiger partial charge in [0.05, 0.1) is 52.9 Å². The number of hydrogen-bond donors (Lipinski definition) is 26. The first-order chi connectivity index (χ1) is 47.8. The van der Waals surface area contributed by atoms with Crippen molar-refractivity contribution in [2.24, 2.45) is 0 Å². The molecule has 101 heavy (non-hydrogen) atoms. The van der Waals surface area contributed by atoms with Crippen LogP contribution in [0.3, 0.4) is 0 Å². The third-order valence-electron chi connectivity index (χ3n) is 18.3. The van der Waals surface area contributed by atoms with E-state index in [-0.39, 0.29) is 0 Å². The average Bonchev–Trinajstić information content (AvgIpc) is 0.779. The van der Waals surface area contributed by atoms with Crippen LogP contribution in [0.15, 0.2) is 0 Å². The van der Waals surface area contributed by atoms with Crippen LogP contribution in [-0.4, -0.2) is 434 Å². The third kappa shape index (κ3) is 18.3. The van der Waals surface area contributed by atoms with Crippen LogP contribution in [0.4, 0.5) is 0 Å². The molecule has 40 atom stereocenters. The fourth-order valence-electron chi connectivity index (χ4n) is 13.1. The van der Waals surface area contributed by atoms with Gasteiger partial charge < -0.3 is 205 Å². The van der Waals surface area contributed by atoms with Crippen LogP contribution in [-0.2, 0) is 90.2 Å². The summed E-state index contributed by atoms with van der Waals surface area (Å²) in [7, 11) is 0. The minimum Gasteiger partial charge on any atom is -0.394 e. The number of ether oxygens (including phenoxy) is 15. The molecule has 4 amide bonds. The SMILES string of the molecule is CC(=O)N[C@@H]1[C@@H](O)[C@H](O[C@@H]2O[C@H](CO)[C@H](O)[C@H](O[C@@H]3O[C@H](CO)[C@@H](O[C@@H]4O[C@H](CO)[C@H](O)[C@H](O[C@@H]5O[C@H](CO)[C@@H](O[C@@H]6O[C@H](CO)[C@H](O)[C@H](O[C@@H]7O[C@H](CO)[C@@H](O[C@@H]8O[C@H](CO)[C@H](O)[C@H](O)[C@H]8O)[C@H](O)[C@H]7NC(C)=O)[C@H]6O)[C@H](O)[C@H]5NC(C)=O)[C@H]4O)[C@H](O)[C@H]3NC(C)=O)[C@H]2O)[C@@H](CO)O[C@H]1O. The predicted molar refractivity (Wildman–Crippen MR) is 311 cm³/mol. The quantitative estimate of drug-likeness (QED) is 0.0382. The number of hydrogen-bond acceptors (Lipinski definition) is 41. The van der Waals surface area contributed by atoms with Gasteiger partial charge >= 0.3 is 0 Å². The van der Waals surface area contributed by atoms with Gasteiger partial charge in [-0.25, -0.2) is 0 Å². The minimum absolute atomic E-state index is 0.739. The molecule has 0 saturated carbocycles. The second-order valence-corrected chi connectivity index (χ2v) is 25.3. The number of nitrogens with one attached hydrogen (secondary N) is 4. The van der Waals surface area contributed by atoms with Gasteiger partial charge in [-0.3, -0.25) is 19.2 Å². The zero-order valence-electron chi connectivity index (χ0n) is 54.3. The molecule has 0 unspecified atom stereocenters. The zero-order valence-corrected chi connectivity index (χ0v) is 54.3. The molecule has 8 aliphatic rings. The number of carbonyl (C=O) groups is 4. The molecule has 0 aromatic rings. The lowest BCUT2D eigenvalue weighted by Crippen LogP contribution is -2.71. The first kappa shape index (κ1) is 83.0. The maximum Gasteiger partial charge on any atom is 0.217 e. The number of carbonyl (C=O) groups excluding carboxylic acids is 4. The summed E-state index contributed by atoms with van der Waals surface area (Å²) in [6, 6.07) is -7.16. The Labute approximate surface area is 572 Å². The molecule has 0 spiro atoms. The van der Waals surface area contributed by atoms with Crippen molar-refractivity contribution in [3.05, 3.63) is 0 Å². The van der Waals surface area contributed by atoms with Crippen LogP contribution < -0.4 is 21.3 Å². The zero-order chi connectivity index (χ0) is 74.5. The van der Waals surface area contributed by atoms with E-state index in [9.17, 15) is 132 Å². The van der Waals surface area contributed by atoms with Crippen molar-refractivity contribution < 1.29 is 203 Å². The molecule has 8 fully saturated rings. The van der Waals surface area contributed by atoms with Crippen molar-refractivity contribution in [3.8, 4) is 0 Å². The summed E-state index contributed by atoms with van der Waals surface area (Å²) in [4.78, 5) is 50.2. The van der Waals surface area contributed by atoms with E-state index in [1.54, 1.807) is 0 Å². The molecule has 8 heterocycles. The van der Waals surface area contributed by atoms with E-state index in [0.29, 0.717) is 0 Å². The topological polar surface area (TPSA) is 700 Å².